The van der Waals surface area contributed by atoms with Gasteiger partial charge in [0.25, 0.3) is 0 Å². The van der Waals surface area contributed by atoms with Crippen molar-refractivity contribution in [3.05, 3.63) is 0 Å². The summed E-state index contributed by atoms with van der Waals surface area (Å²) >= 11 is 0. The SMILES string of the molecule is CC1(C)CC(CN)(N2CCC(C(C)(C)C)C2)C(C)(C)O1. The van der Waals surface area contributed by atoms with E-state index in [2.05, 4.69) is 53.4 Å². The first kappa shape index (κ1) is 16.3. The van der Waals surface area contributed by atoms with Gasteiger partial charge in [-0.2, -0.15) is 0 Å². The Hall–Kier alpha value is -0.120. The average Bonchev–Trinajstić information content (AvgIpc) is 2.78. The first-order chi connectivity index (χ1) is 8.94. The molecule has 0 bridgehead atoms. The third-order valence-electron chi connectivity index (χ3n) is 5.73. The van der Waals surface area contributed by atoms with Crippen molar-refractivity contribution in [2.45, 2.75) is 78.0 Å². The molecule has 2 atom stereocenters. The van der Waals surface area contributed by atoms with Gasteiger partial charge in [0.2, 0.25) is 0 Å². The Morgan fingerprint density at radius 1 is 1.20 bits per heavy atom. The van der Waals surface area contributed by atoms with E-state index in [0.717, 1.165) is 25.4 Å². The van der Waals surface area contributed by atoms with Crippen LogP contribution in [0.25, 0.3) is 0 Å². The molecule has 0 aliphatic carbocycles. The van der Waals surface area contributed by atoms with Gasteiger partial charge in [-0.15, -0.1) is 0 Å². The normalized spacial score (nSPS) is 37.5. The standard InChI is InChI=1S/C17H34N2O/c1-14(2,3)13-8-9-19(10-13)17(12-18)11-15(4,5)20-16(17,6)7/h13H,8-12,18H2,1-7H3. The van der Waals surface area contributed by atoms with Gasteiger partial charge in [0.15, 0.2) is 0 Å². The Bertz CT molecular complexity index is 370. The van der Waals surface area contributed by atoms with E-state index in [4.69, 9.17) is 10.5 Å². The number of likely N-dealkylation sites (tertiary alicyclic amines) is 1. The lowest BCUT2D eigenvalue weighted by atomic mass is 9.77. The van der Waals surface area contributed by atoms with Crippen molar-refractivity contribution in [3.63, 3.8) is 0 Å². The molecular formula is C17H34N2O. The maximum atomic E-state index is 6.35. The third kappa shape index (κ3) is 2.53. The van der Waals surface area contributed by atoms with E-state index in [9.17, 15) is 0 Å². The lowest BCUT2D eigenvalue weighted by Gasteiger charge is -2.46. The summed E-state index contributed by atoms with van der Waals surface area (Å²) in [5, 5.41) is 0. The monoisotopic (exact) mass is 282 g/mol. The molecule has 2 heterocycles. The topological polar surface area (TPSA) is 38.5 Å². The van der Waals surface area contributed by atoms with E-state index < -0.39 is 0 Å². The molecule has 0 radical (unpaired) electrons. The van der Waals surface area contributed by atoms with Crippen LogP contribution in [-0.4, -0.2) is 41.3 Å². The highest BCUT2D eigenvalue weighted by Crippen LogP contribution is 2.50. The summed E-state index contributed by atoms with van der Waals surface area (Å²) in [6.45, 7) is 18.9. The second kappa shape index (κ2) is 4.69. The molecule has 0 spiro atoms. The molecule has 0 aromatic heterocycles. The molecule has 20 heavy (non-hydrogen) atoms. The summed E-state index contributed by atoms with van der Waals surface area (Å²) in [5.41, 5.74) is 6.38. The number of rotatable bonds is 2. The van der Waals surface area contributed by atoms with Gasteiger partial charge in [-0.25, -0.2) is 0 Å². The summed E-state index contributed by atoms with van der Waals surface area (Å²) in [6.07, 6.45) is 2.31. The molecule has 2 aliphatic rings. The summed E-state index contributed by atoms with van der Waals surface area (Å²) in [4.78, 5) is 2.64. The van der Waals surface area contributed by atoms with E-state index in [1.807, 2.05) is 0 Å². The van der Waals surface area contributed by atoms with Crippen LogP contribution in [0, 0.1) is 11.3 Å². The maximum absolute atomic E-state index is 6.35. The molecular weight excluding hydrogens is 248 g/mol. The van der Waals surface area contributed by atoms with Crippen LogP contribution in [0.1, 0.15) is 61.3 Å². The van der Waals surface area contributed by atoms with Crippen molar-refractivity contribution >= 4 is 0 Å². The highest BCUT2D eigenvalue weighted by Gasteiger charge is 2.60. The van der Waals surface area contributed by atoms with E-state index in [1.54, 1.807) is 0 Å². The van der Waals surface area contributed by atoms with Gasteiger partial charge in [-0.05, 0) is 58.4 Å². The smallest absolute Gasteiger partial charge is 0.0830 e. The van der Waals surface area contributed by atoms with Crippen molar-refractivity contribution in [1.29, 1.82) is 0 Å². The molecule has 2 unspecified atom stereocenters. The molecule has 2 saturated heterocycles. The first-order valence-corrected chi connectivity index (χ1v) is 8.09. The molecule has 0 saturated carbocycles. The van der Waals surface area contributed by atoms with Crippen LogP contribution in [-0.2, 0) is 4.74 Å². The second-order valence-electron chi connectivity index (χ2n) is 9.08. The first-order valence-electron chi connectivity index (χ1n) is 8.09. The zero-order chi connectivity index (χ0) is 15.4. The van der Waals surface area contributed by atoms with Crippen molar-refractivity contribution in [2.75, 3.05) is 19.6 Å². The number of hydrogen-bond acceptors (Lipinski definition) is 3. The fourth-order valence-electron chi connectivity index (χ4n) is 4.53. The minimum atomic E-state index is -0.183. The zero-order valence-corrected chi connectivity index (χ0v) is 14.5. The summed E-state index contributed by atoms with van der Waals surface area (Å²) < 4.78 is 6.35. The Morgan fingerprint density at radius 3 is 2.15 bits per heavy atom. The second-order valence-corrected chi connectivity index (χ2v) is 9.08. The van der Waals surface area contributed by atoms with Gasteiger partial charge in [-0.3, -0.25) is 4.90 Å². The van der Waals surface area contributed by atoms with Crippen LogP contribution in [0.15, 0.2) is 0 Å². The molecule has 0 aromatic rings. The minimum absolute atomic E-state index is 0.0174. The quantitative estimate of drug-likeness (QED) is 0.846. The number of nitrogens with zero attached hydrogens (tertiary/aromatic N) is 1. The van der Waals surface area contributed by atoms with Crippen molar-refractivity contribution < 1.29 is 4.74 Å². The number of hydrogen-bond donors (Lipinski definition) is 1. The molecule has 3 heteroatoms. The Labute approximate surface area is 125 Å². The van der Waals surface area contributed by atoms with Crippen molar-refractivity contribution in [3.8, 4) is 0 Å². The fraction of sp³-hybridized carbons (Fsp3) is 1.00. The van der Waals surface area contributed by atoms with Crippen molar-refractivity contribution in [2.24, 2.45) is 17.1 Å². The van der Waals surface area contributed by atoms with Crippen molar-refractivity contribution in [1.82, 2.24) is 4.90 Å². The van der Waals surface area contributed by atoms with E-state index >= 15 is 0 Å². The summed E-state index contributed by atoms with van der Waals surface area (Å²) in [6, 6.07) is 0. The number of nitrogens with two attached hydrogens (primary N) is 1. The Kier molecular flexibility index (Phi) is 3.81. The van der Waals surface area contributed by atoms with Crippen LogP contribution < -0.4 is 5.73 Å². The highest BCUT2D eigenvalue weighted by molar-refractivity contribution is 5.14. The van der Waals surface area contributed by atoms with E-state index in [1.165, 1.54) is 6.42 Å². The van der Waals surface area contributed by atoms with Gasteiger partial charge >= 0.3 is 0 Å². The van der Waals surface area contributed by atoms with Gasteiger partial charge in [-0.1, -0.05) is 20.8 Å². The number of ether oxygens (including phenoxy) is 1. The van der Waals surface area contributed by atoms with E-state index in [0.29, 0.717) is 12.0 Å². The molecule has 0 aromatic carbocycles. The van der Waals surface area contributed by atoms with Gasteiger partial charge in [0.1, 0.15) is 0 Å². The molecule has 3 nitrogen and oxygen atoms in total. The Morgan fingerprint density at radius 2 is 1.80 bits per heavy atom. The Balaban J connectivity index is 2.26. The molecule has 2 fully saturated rings. The minimum Gasteiger partial charge on any atom is -0.368 e. The van der Waals surface area contributed by atoms with Crippen LogP contribution in [0.5, 0.6) is 0 Å². The predicted octanol–water partition coefficient (Wildman–Crippen LogP) is 3.03. The largest absolute Gasteiger partial charge is 0.368 e. The maximum Gasteiger partial charge on any atom is 0.0830 e. The van der Waals surface area contributed by atoms with Crippen LogP contribution in [0.2, 0.25) is 0 Å². The van der Waals surface area contributed by atoms with Gasteiger partial charge in [0.05, 0.1) is 16.7 Å². The lowest BCUT2D eigenvalue weighted by molar-refractivity contribution is -0.101. The van der Waals surface area contributed by atoms with E-state index in [-0.39, 0.29) is 16.7 Å². The zero-order valence-electron chi connectivity index (χ0n) is 14.5. The van der Waals surface area contributed by atoms with Crippen LogP contribution >= 0.6 is 0 Å². The van der Waals surface area contributed by atoms with Crippen LogP contribution in [0.3, 0.4) is 0 Å². The molecule has 0 amide bonds. The predicted molar refractivity (Wildman–Crippen MR) is 84.8 cm³/mol. The lowest BCUT2D eigenvalue weighted by Crippen LogP contribution is -2.62. The molecule has 118 valence electrons. The third-order valence-corrected chi connectivity index (χ3v) is 5.73. The fourth-order valence-corrected chi connectivity index (χ4v) is 4.53. The molecule has 2 rings (SSSR count). The van der Waals surface area contributed by atoms with Crippen LogP contribution in [0.4, 0.5) is 0 Å². The molecule has 2 aliphatic heterocycles. The highest BCUT2D eigenvalue weighted by atomic mass is 16.5. The summed E-state index contributed by atoms with van der Waals surface area (Å²) in [5.74, 6) is 0.755. The van der Waals surface area contributed by atoms with Gasteiger partial charge in [0, 0.05) is 13.1 Å². The molecule has 2 N–H and O–H groups in total. The average molecular weight is 282 g/mol. The summed E-state index contributed by atoms with van der Waals surface area (Å²) in [7, 11) is 0. The van der Waals surface area contributed by atoms with Gasteiger partial charge < -0.3 is 10.5 Å².